The van der Waals surface area contributed by atoms with Gasteiger partial charge in [-0.25, -0.2) is 0 Å². The van der Waals surface area contributed by atoms with Crippen molar-refractivity contribution < 1.29 is 15.0 Å². The Hall–Kier alpha value is -0.610. The van der Waals surface area contributed by atoms with Gasteiger partial charge in [0.2, 0.25) is 0 Å². The fourth-order valence-corrected chi connectivity index (χ4v) is 1.40. The molecule has 1 rings (SSSR count). The van der Waals surface area contributed by atoms with Crippen LogP contribution in [0.1, 0.15) is 12.8 Å². The molecule has 0 aromatic heterocycles. The summed E-state index contributed by atoms with van der Waals surface area (Å²) in [6.07, 6.45) is 2.09. The Morgan fingerprint density at radius 2 is 2.00 bits per heavy atom. The van der Waals surface area contributed by atoms with Crippen LogP contribution in [-0.2, 0) is 4.79 Å². The third-order valence-electron chi connectivity index (χ3n) is 2.04. The molecule has 1 aliphatic heterocycles. The molecule has 0 radical (unpaired) electrons. The maximum Gasteiger partial charge on any atom is 0.323 e. The van der Waals surface area contributed by atoms with Gasteiger partial charge in [0.25, 0.3) is 0 Å². The molecule has 64 valence electrons. The van der Waals surface area contributed by atoms with Crippen molar-refractivity contribution in [3.8, 4) is 0 Å². The van der Waals surface area contributed by atoms with Gasteiger partial charge in [-0.15, -0.1) is 0 Å². The third kappa shape index (κ3) is 1.91. The number of rotatable bonds is 3. The molecule has 4 heteroatoms. The molecule has 0 saturated carbocycles. The van der Waals surface area contributed by atoms with E-state index in [1.54, 1.807) is 0 Å². The van der Waals surface area contributed by atoms with E-state index < -0.39 is 12.0 Å². The molecule has 1 fully saturated rings. The minimum atomic E-state index is -0.922. The van der Waals surface area contributed by atoms with Crippen molar-refractivity contribution in [1.29, 1.82) is 0 Å². The van der Waals surface area contributed by atoms with Crippen LogP contribution in [0, 0.1) is 0 Å². The predicted molar refractivity (Wildman–Crippen MR) is 39.3 cm³/mol. The van der Waals surface area contributed by atoms with Crippen LogP contribution in [0.15, 0.2) is 0 Å². The third-order valence-corrected chi connectivity index (χ3v) is 2.04. The Morgan fingerprint density at radius 1 is 1.45 bits per heavy atom. The molecule has 0 aromatic carbocycles. The van der Waals surface area contributed by atoms with Crippen molar-refractivity contribution in [3.63, 3.8) is 0 Å². The van der Waals surface area contributed by atoms with E-state index in [0.717, 1.165) is 25.9 Å². The van der Waals surface area contributed by atoms with E-state index in [-0.39, 0.29) is 6.61 Å². The van der Waals surface area contributed by atoms with Gasteiger partial charge >= 0.3 is 5.97 Å². The molecule has 2 N–H and O–H groups in total. The largest absolute Gasteiger partial charge is 0.480 e. The normalized spacial score (nSPS) is 21.9. The molecule has 0 aromatic rings. The average Bonchev–Trinajstić information content (AvgIpc) is 2.40. The van der Waals surface area contributed by atoms with Gasteiger partial charge in [0.15, 0.2) is 0 Å². The second-order valence-electron chi connectivity index (χ2n) is 2.78. The van der Waals surface area contributed by atoms with Gasteiger partial charge in [0.05, 0.1) is 6.61 Å². The highest BCUT2D eigenvalue weighted by Gasteiger charge is 2.26. The highest BCUT2D eigenvalue weighted by molar-refractivity contribution is 5.73. The molecule has 1 atom stereocenters. The quantitative estimate of drug-likeness (QED) is 0.584. The zero-order valence-electron chi connectivity index (χ0n) is 6.36. The van der Waals surface area contributed by atoms with Gasteiger partial charge in [-0.2, -0.15) is 0 Å². The number of likely N-dealkylation sites (tertiary alicyclic amines) is 1. The maximum atomic E-state index is 10.5. The van der Waals surface area contributed by atoms with Crippen LogP contribution in [-0.4, -0.2) is 46.8 Å². The second-order valence-corrected chi connectivity index (χ2v) is 2.78. The van der Waals surface area contributed by atoms with E-state index in [4.69, 9.17) is 10.2 Å². The SMILES string of the molecule is O=C(O)[C@H](CO)N1CCCC1. The number of hydrogen-bond donors (Lipinski definition) is 2. The number of aliphatic carboxylic acids is 1. The van der Waals surface area contributed by atoms with Crippen LogP contribution >= 0.6 is 0 Å². The minimum Gasteiger partial charge on any atom is -0.480 e. The molecule has 1 heterocycles. The molecule has 0 unspecified atom stereocenters. The Bertz CT molecular complexity index is 143. The van der Waals surface area contributed by atoms with Gasteiger partial charge in [-0.3, -0.25) is 9.69 Å². The Balaban J connectivity index is 2.46. The lowest BCUT2D eigenvalue weighted by Crippen LogP contribution is -2.41. The number of hydrogen-bond acceptors (Lipinski definition) is 3. The molecule has 0 bridgehead atoms. The molecule has 0 spiro atoms. The average molecular weight is 159 g/mol. The van der Waals surface area contributed by atoms with Crippen molar-refractivity contribution in [2.45, 2.75) is 18.9 Å². The summed E-state index contributed by atoms with van der Waals surface area (Å²) in [5.41, 5.74) is 0. The van der Waals surface area contributed by atoms with Crippen LogP contribution in [0.2, 0.25) is 0 Å². The van der Waals surface area contributed by atoms with Crippen molar-refractivity contribution in [2.24, 2.45) is 0 Å². The van der Waals surface area contributed by atoms with E-state index in [0.29, 0.717) is 0 Å². The van der Waals surface area contributed by atoms with Crippen LogP contribution in [0.3, 0.4) is 0 Å². The number of carboxylic acid groups (broad SMARTS) is 1. The topological polar surface area (TPSA) is 60.8 Å². The van der Waals surface area contributed by atoms with E-state index in [1.165, 1.54) is 0 Å². The Labute approximate surface area is 65.4 Å². The fourth-order valence-electron chi connectivity index (χ4n) is 1.40. The molecule has 1 saturated heterocycles. The van der Waals surface area contributed by atoms with E-state index in [9.17, 15) is 4.79 Å². The lowest BCUT2D eigenvalue weighted by atomic mass is 10.3. The first-order valence-corrected chi connectivity index (χ1v) is 3.83. The van der Waals surface area contributed by atoms with E-state index in [2.05, 4.69) is 0 Å². The summed E-state index contributed by atoms with van der Waals surface area (Å²) in [6, 6.07) is -0.683. The second kappa shape index (κ2) is 3.69. The number of carbonyl (C=O) groups is 1. The first-order chi connectivity index (χ1) is 5.25. The molecule has 4 nitrogen and oxygen atoms in total. The minimum absolute atomic E-state index is 0.282. The van der Waals surface area contributed by atoms with Crippen molar-refractivity contribution in [1.82, 2.24) is 4.90 Å². The first-order valence-electron chi connectivity index (χ1n) is 3.83. The van der Waals surface area contributed by atoms with Crippen LogP contribution in [0.5, 0.6) is 0 Å². The van der Waals surface area contributed by atoms with Crippen molar-refractivity contribution in [3.05, 3.63) is 0 Å². The van der Waals surface area contributed by atoms with Crippen LogP contribution in [0.4, 0.5) is 0 Å². The summed E-state index contributed by atoms with van der Waals surface area (Å²) in [5.74, 6) is -0.922. The number of nitrogens with zero attached hydrogens (tertiary/aromatic N) is 1. The fraction of sp³-hybridized carbons (Fsp3) is 0.857. The van der Waals surface area contributed by atoms with Gasteiger partial charge in [0.1, 0.15) is 6.04 Å². The lowest BCUT2D eigenvalue weighted by Gasteiger charge is -2.20. The van der Waals surface area contributed by atoms with E-state index in [1.807, 2.05) is 4.90 Å². The Morgan fingerprint density at radius 3 is 2.36 bits per heavy atom. The smallest absolute Gasteiger partial charge is 0.323 e. The summed E-state index contributed by atoms with van der Waals surface area (Å²) >= 11 is 0. The number of carboxylic acids is 1. The van der Waals surface area contributed by atoms with Gasteiger partial charge in [-0.1, -0.05) is 0 Å². The zero-order chi connectivity index (χ0) is 8.27. The standard InChI is InChI=1S/C7H13NO3/c9-5-6(7(10)11)8-3-1-2-4-8/h6,9H,1-5H2,(H,10,11)/t6-/m0/s1. The monoisotopic (exact) mass is 159 g/mol. The maximum absolute atomic E-state index is 10.5. The van der Waals surface area contributed by atoms with Gasteiger partial charge < -0.3 is 10.2 Å². The summed E-state index contributed by atoms with van der Waals surface area (Å²) in [7, 11) is 0. The molecule has 0 amide bonds. The predicted octanol–water partition coefficient (Wildman–Crippen LogP) is -0.472. The molecule has 11 heavy (non-hydrogen) atoms. The van der Waals surface area contributed by atoms with E-state index >= 15 is 0 Å². The zero-order valence-corrected chi connectivity index (χ0v) is 6.36. The highest BCUT2D eigenvalue weighted by Crippen LogP contribution is 2.11. The molecule has 1 aliphatic rings. The number of aliphatic hydroxyl groups excluding tert-OH is 1. The molecular formula is C7H13NO3. The molecular weight excluding hydrogens is 146 g/mol. The van der Waals surface area contributed by atoms with Gasteiger partial charge in [-0.05, 0) is 25.9 Å². The van der Waals surface area contributed by atoms with Gasteiger partial charge in [0, 0.05) is 0 Å². The van der Waals surface area contributed by atoms with Crippen LogP contribution in [0.25, 0.3) is 0 Å². The number of aliphatic hydroxyl groups is 1. The molecule has 0 aliphatic carbocycles. The first kappa shape index (κ1) is 8.49. The lowest BCUT2D eigenvalue weighted by molar-refractivity contribution is -0.144. The summed E-state index contributed by atoms with van der Waals surface area (Å²) in [4.78, 5) is 12.3. The van der Waals surface area contributed by atoms with Crippen LogP contribution < -0.4 is 0 Å². The summed E-state index contributed by atoms with van der Waals surface area (Å²) in [6.45, 7) is 1.32. The Kier molecular flexibility index (Phi) is 2.84. The summed E-state index contributed by atoms with van der Waals surface area (Å²) in [5, 5.41) is 17.4. The van der Waals surface area contributed by atoms with Crippen molar-refractivity contribution >= 4 is 5.97 Å². The summed E-state index contributed by atoms with van der Waals surface area (Å²) < 4.78 is 0. The highest BCUT2D eigenvalue weighted by atomic mass is 16.4. The van der Waals surface area contributed by atoms with Crippen molar-refractivity contribution in [2.75, 3.05) is 19.7 Å².